The van der Waals surface area contributed by atoms with Gasteiger partial charge < -0.3 is 0 Å². The zero-order valence-electron chi connectivity index (χ0n) is 12.0. The average Bonchev–Trinajstić information content (AvgIpc) is 3.19. The molecule has 7 heteroatoms. The van der Waals surface area contributed by atoms with Crippen molar-refractivity contribution in [1.29, 1.82) is 0 Å². The highest BCUT2D eigenvalue weighted by Gasteiger charge is 2.28. The van der Waals surface area contributed by atoms with E-state index in [0.717, 1.165) is 32.0 Å². The SMILES string of the molecule is O=S(=O)(NCC1CCN(C2CCSC2)CC1)c1cccs1. The van der Waals surface area contributed by atoms with Crippen molar-refractivity contribution in [3.8, 4) is 0 Å². The van der Waals surface area contributed by atoms with Crippen LogP contribution in [-0.4, -0.2) is 50.5 Å². The van der Waals surface area contributed by atoms with Crippen LogP contribution in [0.4, 0.5) is 0 Å². The molecule has 0 aliphatic carbocycles. The lowest BCUT2D eigenvalue weighted by atomic mass is 9.96. The van der Waals surface area contributed by atoms with Gasteiger partial charge in [-0.25, -0.2) is 13.1 Å². The summed E-state index contributed by atoms with van der Waals surface area (Å²) >= 11 is 3.33. The molecule has 4 nitrogen and oxygen atoms in total. The normalized spacial score (nSPS) is 25.4. The number of nitrogens with zero attached hydrogens (tertiary/aromatic N) is 1. The molecular formula is C14H22N2O2S3. The molecule has 0 amide bonds. The molecule has 2 saturated heterocycles. The van der Waals surface area contributed by atoms with Gasteiger partial charge in [0, 0.05) is 18.3 Å². The molecule has 1 N–H and O–H groups in total. The highest BCUT2D eigenvalue weighted by atomic mass is 32.2. The maximum absolute atomic E-state index is 12.1. The van der Waals surface area contributed by atoms with E-state index >= 15 is 0 Å². The van der Waals surface area contributed by atoms with Gasteiger partial charge in [-0.3, -0.25) is 4.90 Å². The number of piperidine rings is 1. The Morgan fingerprint density at radius 2 is 2.10 bits per heavy atom. The van der Waals surface area contributed by atoms with Crippen molar-refractivity contribution in [2.24, 2.45) is 5.92 Å². The summed E-state index contributed by atoms with van der Waals surface area (Å²) in [5.74, 6) is 3.05. The van der Waals surface area contributed by atoms with Gasteiger partial charge in [0.1, 0.15) is 4.21 Å². The Hall–Kier alpha value is -0.0800. The molecule has 2 aliphatic rings. The number of hydrogen-bond donors (Lipinski definition) is 1. The summed E-state index contributed by atoms with van der Waals surface area (Å²) in [7, 11) is -3.29. The standard InChI is InChI=1S/C14H22N2O2S3/c17-21(18,14-2-1-8-20-14)15-10-12-3-6-16(7-4-12)13-5-9-19-11-13/h1-2,8,12-13,15H,3-7,9-11H2. The zero-order valence-corrected chi connectivity index (χ0v) is 14.5. The van der Waals surface area contributed by atoms with E-state index in [1.54, 1.807) is 17.5 Å². The Labute approximate surface area is 135 Å². The van der Waals surface area contributed by atoms with Gasteiger partial charge in [0.15, 0.2) is 0 Å². The molecule has 0 aromatic carbocycles. The van der Waals surface area contributed by atoms with Crippen LogP contribution in [0.15, 0.2) is 21.7 Å². The maximum atomic E-state index is 12.1. The van der Waals surface area contributed by atoms with Crippen molar-refractivity contribution >= 4 is 33.1 Å². The Balaban J connectivity index is 1.45. The molecule has 0 saturated carbocycles. The number of likely N-dealkylation sites (tertiary alicyclic amines) is 1. The third-order valence-corrected chi connectivity index (χ3v) is 8.36. The minimum atomic E-state index is -3.29. The molecule has 0 radical (unpaired) electrons. The van der Waals surface area contributed by atoms with Gasteiger partial charge in [0.2, 0.25) is 10.0 Å². The van der Waals surface area contributed by atoms with Crippen molar-refractivity contribution in [3.63, 3.8) is 0 Å². The monoisotopic (exact) mass is 346 g/mol. The van der Waals surface area contributed by atoms with Gasteiger partial charge in [-0.15, -0.1) is 11.3 Å². The lowest BCUT2D eigenvalue weighted by Gasteiger charge is -2.35. The van der Waals surface area contributed by atoms with Crippen LogP contribution in [0, 0.1) is 5.92 Å². The van der Waals surface area contributed by atoms with Gasteiger partial charge in [-0.05, 0) is 55.5 Å². The molecule has 1 unspecified atom stereocenters. The van der Waals surface area contributed by atoms with Crippen molar-refractivity contribution in [2.75, 3.05) is 31.1 Å². The van der Waals surface area contributed by atoms with Crippen LogP contribution >= 0.6 is 23.1 Å². The third-order valence-electron chi connectivity index (χ3n) is 4.39. The van der Waals surface area contributed by atoms with E-state index in [4.69, 9.17) is 0 Å². The minimum absolute atomic E-state index is 0.419. The first kappa shape index (κ1) is 15.8. The van der Waals surface area contributed by atoms with Crippen LogP contribution < -0.4 is 4.72 Å². The summed E-state index contributed by atoms with van der Waals surface area (Å²) in [6, 6.07) is 4.20. The quantitative estimate of drug-likeness (QED) is 0.888. The molecule has 1 aromatic rings. The summed E-state index contributed by atoms with van der Waals surface area (Å²) in [6.07, 6.45) is 3.53. The lowest BCUT2D eigenvalue weighted by Crippen LogP contribution is -2.43. The summed E-state index contributed by atoms with van der Waals surface area (Å²) < 4.78 is 27.4. The van der Waals surface area contributed by atoms with Crippen molar-refractivity contribution in [3.05, 3.63) is 17.5 Å². The Kier molecular flexibility index (Phi) is 5.27. The number of nitrogens with one attached hydrogen (secondary N) is 1. The molecule has 2 fully saturated rings. The van der Waals surface area contributed by atoms with Crippen LogP contribution in [0.2, 0.25) is 0 Å². The van der Waals surface area contributed by atoms with E-state index in [1.807, 2.05) is 0 Å². The van der Waals surface area contributed by atoms with E-state index in [9.17, 15) is 8.42 Å². The number of thiophene rings is 1. The van der Waals surface area contributed by atoms with E-state index in [0.29, 0.717) is 16.7 Å². The fraction of sp³-hybridized carbons (Fsp3) is 0.714. The van der Waals surface area contributed by atoms with Gasteiger partial charge in [-0.1, -0.05) is 6.07 Å². The molecule has 0 bridgehead atoms. The topological polar surface area (TPSA) is 49.4 Å². The van der Waals surface area contributed by atoms with Crippen LogP contribution in [0.5, 0.6) is 0 Å². The van der Waals surface area contributed by atoms with Crippen LogP contribution in [-0.2, 0) is 10.0 Å². The van der Waals surface area contributed by atoms with Gasteiger partial charge in [0.25, 0.3) is 0 Å². The number of rotatable bonds is 5. The molecule has 1 atom stereocenters. The lowest BCUT2D eigenvalue weighted by molar-refractivity contribution is 0.145. The molecule has 3 heterocycles. The van der Waals surface area contributed by atoms with E-state index in [-0.39, 0.29) is 0 Å². The molecule has 21 heavy (non-hydrogen) atoms. The number of thioether (sulfide) groups is 1. The van der Waals surface area contributed by atoms with Crippen molar-refractivity contribution < 1.29 is 8.42 Å². The summed E-state index contributed by atoms with van der Waals surface area (Å²) in [5, 5.41) is 1.80. The second-order valence-electron chi connectivity index (χ2n) is 5.78. The summed E-state index contributed by atoms with van der Waals surface area (Å²) in [5.41, 5.74) is 0. The Bertz CT molecular complexity index is 531. The van der Waals surface area contributed by atoms with Crippen LogP contribution in [0.1, 0.15) is 19.3 Å². The maximum Gasteiger partial charge on any atom is 0.250 e. The highest BCUT2D eigenvalue weighted by molar-refractivity contribution is 7.99. The largest absolute Gasteiger partial charge is 0.300 e. The highest BCUT2D eigenvalue weighted by Crippen LogP contribution is 2.27. The Morgan fingerprint density at radius 3 is 2.71 bits per heavy atom. The predicted molar refractivity (Wildman–Crippen MR) is 89.5 cm³/mol. The number of hydrogen-bond acceptors (Lipinski definition) is 5. The fourth-order valence-corrected chi connectivity index (χ4v) is 6.46. The summed E-state index contributed by atoms with van der Waals surface area (Å²) in [6.45, 7) is 2.82. The molecule has 118 valence electrons. The first-order valence-corrected chi connectivity index (χ1v) is 11.0. The summed E-state index contributed by atoms with van der Waals surface area (Å²) in [4.78, 5) is 2.60. The predicted octanol–water partition coefficient (Wildman–Crippen LogP) is 2.24. The van der Waals surface area contributed by atoms with Crippen LogP contribution in [0.25, 0.3) is 0 Å². The van der Waals surface area contributed by atoms with E-state index in [2.05, 4.69) is 21.4 Å². The van der Waals surface area contributed by atoms with Crippen molar-refractivity contribution in [2.45, 2.75) is 29.5 Å². The second kappa shape index (κ2) is 7.00. The first-order chi connectivity index (χ1) is 10.1. The van der Waals surface area contributed by atoms with Gasteiger partial charge >= 0.3 is 0 Å². The van der Waals surface area contributed by atoms with Crippen molar-refractivity contribution in [1.82, 2.24) is 9.62 Å². The Morgan fingerprint density at radius 1 is 1.29 bits per heavy atom. The smallest absolute Gasteiger partial charge is 0.250 e. The van der Waals surface area contributed by atoms with Crippen LogP contribution in [0.3, 0.4) is 0 Å². The molecule has 3 rings (SSSR count). The van der Waals surface area contributed by atoms with Gasteiger partial charge in [-0.2, -0.15) is 11.8 Å². The fourth-order valence-electron chi connectivity index (χ4n) is 3.05. The number of sulfonamides is 1. The second-order valence-corrected chi connectivity index (χ2v) is 9.87. The molecule has 2 aliphatic heterocycles. The third kappa shape index (κ3) is 4.01. The van der Waals surface area contributed by atoms with E-state index < -0.39 is 10.0 Å². The molecule has 1 aromatic heterocycles. The average molecular weight is 347 g/mol. The molecule has 0 spiro atoms. The minimum Gasteiger partial charge on any atom is -0.300 e. The van der Waals surface area contributed by atoms with Gasteiger partial charge in [0.05, 0.1) is 0 Å². The zero-order chi connectivity index (χ0) is 14.7. The first-order valence-electron chi connectivity index (χ1n) is 7.50. The van der Waals surface area contributed by atoms with E-state index in [1.165, 1.54) is 29.3 Å². The molecular weight excluding hydrogens is 324 g/mol.